The zero-order chi connectivity index (χ0) is 18.9. The molecule has 0 radical (unpaired) electrons. The Hall–Kier alpha value is -3.11. The van der Waals surface area contributed by atoms with Crippen molar-refractivity contribution in [1.29, 1.82) is 0 Å². The molecule has 1 aliphatic heterocycles. The summed E-state index contributed by atoms with van der Waals surface area (Å²) in [4.78, 5) is 27.2. The number of amides is 1. The van der Waals surface area contributed by atoms with E-state index >= 15 is 0 Å². The molecule has 0 aromatic carbocycles. The van der Waals surface area contributed by atoms with Gasteiger partial charge in [-0.3, -0.25) is 14.9 Å². The molecule has 0 bridgehead atoms. The number of alkyl halides is 3. The number of halogens is 3. The summed E-state index contributed by atoms with van der Waals surface area (Å²) in [6.07, 6.45) is -3.67. The monoisotopic (exact) mass is 371 g/mol. The van der Waals surface area contributed by atoms with Gasteiger partial charge >= 0.3 is 12.1 Å². The Morgan fingerprint density at radius 2 is 2.15 bits per heavy atom. The summed E-state index contributed by atoms with van der Waals surface area (Å²) in [5, 5.41) is 10.6. The van der Waals surface area contributed by atoms with Crippen LogP contribution in [0, 0.1) is 10.1 Å². The first-order chi connectivity index (χ1) is 12.2. The number of likely N-dealkylation sites (tertiary alicyclic amines) is 1. The van der Waals surface area contributed by atoms with Crippen LogP contribution in [0.5, 0.6) is 5.88 Å². The Labute approximate surface area is 144 Å². The van der Waals surface area contributed by atoms with Crippen LogP contribution in [0.15, 0.2) is 34.9 Å². The van der Waals surface area contributed by atoms with Gasteiger partial charge in [0.05, 0.1) is 18.2 Å². The van der Waals surface area contributed by atoms with Crippen molar-refractivity contribution < 1.29 is 32.0 Å². The molecule has 2 aromatic rings. The zero-order valence-corrected chi connectivity index (χ0v) is 13.1. The number of hydrogen-bond acceptors (Lipinski definition) is 6. The lowest BCUT2D eigenvalue weighted by atomic mass is 10.2. The first kappa shape index (κ1) is 17.7. The zero-order valence-electron chi connectivity index (χ0n) is 13.1. The Kier molecular flexibility index (Phi) is 4.53. The summed E-state index contributed by atoms with van der Waals surface area (Å²) in [5.41, 5.74) is -0.878. The Morgan fingerprint density at radius 3 is 2.81 bits per heavy atom. The number of carbonyl (C=O) groups excluding carboxylic acids is 1. The maximum absolute atomic E-state index is 12.7. The van der Waals surface area contributed by atoms with Crippen molar-refractivity contribution in [3.8, 4) is 5.88 Å². The Balaban J connectivity index is 1.63. The maximum atomic E-state index is 12.7. The van der Waals surface area contributed by atoms with Gasteiger partial charge in [0.2, 0.25) is 5.88 Å². The minimum absolute atomic E-state index is 0.102. The number of aromatic nitrogens is 1. The van der Waals surface area contributed by atoms with Gasteiger partial charge in [-0.05, 0) is 12.1 Å². The number of nitro groups is 1. The number of ether oxygens (including phenoxy) is 1. The fraction of sp³-hybridized carbons (Fsp3) is 0.333. The van der Waals surface area contributed by atoms with Gasteiger partial charge in [-0.25, -0.2) is 4.98 Å². The molecule has 8 nitrogen and oxygen atoms in total. The molecule has 3 heterocycles. The molecule has 1 fully saturated rings. The highest BCUT2D eigenvalue weighted by atomic mass is 19.4. The van der Waals surface area contributed by atoms with Crippen LogP contribution in [0.1, 0.15) is 22.5 Å². The van der Waals surface area contributed by atoms with Crippen LogP contribution in [-0.2, 0) is 6.18 Å². The standard InChI is InChI=1S/C15H12F3N3O5/c16-15(17,18)9-3-5-19-12(7-9)25-10-4-6-20(8-10)14(22)11-1-2-13(26-11)21(23)24/h1-3,5,7,10H,4,6,8H2. The predicted octanol–water partition coefficient (Wildman–Crippen LogP) is 2.90. The second-order valence-corrected chi connectivity index (χ2v) is 5.56. The highest BCUT2D eigenvalue weighted by Crippen LogP contribution is 2.31. The van der Waals surface area contributed by atoms with Gasteiger partial charge < -0.3 is 14.1 Å². The Morgan fingerprint density at radius 1 is 1.38 bits per heavy atom. The summed E-state index contributed by atoms with van der Waals surface area (Å²) < 4.78 is 48.4. The molecule has 1 atom stereocenters. The molecule has 26 heavy (non-hydrogen) atoms. The lowest BCUT2D eigenvalue weighted by Crippen LogP contribution is -2.30. The van der Waals surface area contributed by atoms with Crippen molar-refractivity contribution in [1.82, 2.24) is 9.88 Å². The average molecular weight is 371 g/mol. The lowest BCUT2D eigenvalue weighted by Gasteiger charge is -2.16. The van der Waals surface area contributed by atoms with Crippen molar-refractivity contribution >= 4 is 11.8 Å². The smallest absolute Gasteiger partial charge is 0.433 e. The highest BCUT2D eigenvalue weighted by Gasteiger charge is 2.33. The Bertz CT molecular complexity index is 836. The second-order valence-electron chi connectivity index (χ2n) is 5.56. The molecule has 1 saturated heterocycles. The number of hydrogen-bond donors (Lipinski definition) is 0. The molecular weight excluding hydrogens is 359 g/mol. The third-order valence-electron chi connectivity index (χ3n) is 3.76. The van der Waals surface area contributed by atoms with Gasteiger partial charge in [-0.2, -0.15) is 13.2 Å². The van der Waals surface area contributed by atoms with Crippen LogP contribution in [-0.4, -0.2) is 39.9 Å². The van der Waals surface area contributed by atoms with E-state index in [0.29, 0.717) is 6.42 Å². The van der Waals surface area contributed by atoms with Crippen LogP contribution in [0.25, 0.3) is 0 Å². The van der Waals surface area contributed by atoms with E-state index in [1.165, 1.54) is 11.0 Å². The van der Waals surface area contributed by atoms with Crippen LogP contribution in [0.2, 0.25) is 0 Å². The van der Waals surface area contributed by atoms with Crippen LogP contribution in [0.3, 0.4) is 0 Å². The van der Waals surface area contributed by atoms with Gasteiger partial charge in [0.15, 0.2) is 5.76 Å². The van der Waals surface area contributed by atoms with Gasteiger partial charge in [0, 0.05) is 25.2 Å². The van der Waals surface area contributed by atoms with Crippen molar-refractivity contribution in [2.75, 3.05) is 13.1 Å². The van der Waals surface area contributed by atoms with E-state index in [-0.39, 0.29) is 24.7 Å². The number of furan rings is 1. The van der Waals surface area contributed by atoms with Crippen molar-refractivity contribution in [2.45, 2.75) is 18.7 Å². The van der Waals surface area contributed by atoms with E-state index in [9.17, 15) is 28.1 Å². The number of pyridine rings is 1. The number of carbonyl (C=O) groups is 1. The molecular formula is C15H12F3N3O5. The molecule has 3 rings (SSSR count). The van der Waals surface area contributed by atoms with Crippen molar-refractivity contribution in [2.24, 2.45) is 0 Å². The van der Waals surface area contributed by atoms with E-state index in [1.54, 1.807) is 0 Å². The van der Waals surface area contributed by atoms with Gasteiger partial charge in [0.25, 0.3) is 5.91 Å². The second kappa shape index (κ2) is 6.65. The largest absolute Gasteiger partial charge is 0.472 e. The summed E-state index contributed by atoms with van der Waals surface area (Å²) in [6.45, 7) is 0.377. The number of nitrogens with zero attached hydrogens (tertiary/aromatic N) is 3. The molecule has 1 aliphatic rings. The minimum Gasteiger partial charge on any atom is -0.472 e. The number of rotatable bonds is 4. The highest BCUT2D eigenvalue weighted by molar-refractivity contribution is 5.92. The van der Waals surface area contributed by atoms with E-state index in [0.717, 1.165) is 24.4 Å². The SMILES string of the molecule is O=C(c1ccc([N+](=O)[O-])o1)N1CCC(Oc2cc(C(F)(F)F)ccn2)C1. The van der Waals surface area contributed by atoms with E-state index in [2.05, 4.69) is 4.98 Å². The van der Waals surface area contributed by atoms with Gasteiger partial charge in [0.1, 0.15) is 11.0 Å². The summed E-state index contributed by atoms with van der Waals surface area (Å²) in [7, 11) is 0. The van der Waals surface area contributed by atoms with Crippen LogP contribution >= 0.6 is 0 Å². The maximum Gasteiger partial charge on any atom is 0.433 e. The quantitative estimate of drug-likeness (QED) is 0.605. The molecule has 2 aromatic heterocycles. The fourth-order valence-electron chi connectivity index (χ4n) is 2.53. The molecule has 0 aliphatic carbocycles. The minimum atomic E-state index is -4.51. The van der Waals surface area contributed by atoms with Crippen molar-refractivity contribution in [3.05, 3.63) is 51.9 Å². The van der Waals surface area contributed by atoms with Gasteiger partial charge in [-0.1, -0.05) is 0 Å². The molecule has 0 N–H and O–H groups in total. The third kappa shape index (κ3) is 3.76. The van der Waals surface area contributed by atoms with E-state index < -0.39 is 34.6 Å². The van der Waals surface area contributed by atoms with Crippen molar-refractivity contribution in [3.63, 3.8) is 0 Å². The first-order valence-electron chi connectivity index (χ1n) is 7.47. The molecule has 0 spiro atoms. The normalized spacial score (nSPS) is 17.3. The topological polar surface area (TPSA) is 98.7 Å². The average Bonchev–Trinajstić information content (AvgIpc) is 3.23. The molecule has 138 valence electrons. The van der Waals surface area contributed by atoms with Crippen LogP contribution in [0.4, 0.5) is 19.1 Å². The molecule has 11 heteroatoms. The predicted molar refractivity (Wildman–Crippen MR) is 79.5 cm³/mol. The summed E-state index contributed by atoms with van der Waals surface area (Å²) >= 11 is 0. The third-order valence-corrected chi connectivity index (χ3v) is 3.76. The lowest BCUT2D eigenvalue weighted by molar-refractivity contribution is -0.402. The van der Waals surface area contributed by atoms with Crippen LogP contribution < -0.4 is 4.74 Å². The van der Waals surface area contributed by atoms with E-state index in [4.69, 9.17) is 9.15 Å². The summed E-state index contributed by atoms with van der Waals surface area (Å²) in [5.74, 6) is -1.47. The molecule has 0 saturated carbocycles. The van der Waals surface area contributed by atoms with Gasteiger partial charge in [-0.15, -0.1) is 0 Å². The first-order valence-corrected chi connectivity index (χ1v) is 7.47. The molecule has 1 unspecified atom stereocenters. The molecule has 1 amide bonds. The summed E-state index contributed by atoms with van der Waals surface area (Å²) in [6, 6.07) is 3.90. The van der Waals surface area contributed by atoms with E-state index in [1.807, 2.05) is 0 Å². The fourth-order valence-corrected chi connectivity index (χ4v) is 2.53.